The van der Waals surface area contributed by atoms with Crippen molar-refractivity contribution in [1.29, 1.82) is 0 Å². The molecule has 9 nitrogen and oxygen atoms in total. The number of nitrogens with zero attached hydrogens (tertiary/aromatic N) is 1. The number of nitrogens with one attached hydrogen (secondary N) is 2. The van der Waals surface area contributed by atoms with Crippen molar-refractivity contribution in [3.8, 4) is 5.75 Å². The molecule has 0 amide bonds. The minimum Gasteiger partial charge on any atom is -0.489 e. The van der Waals surface area contributed by atoms with Gasteiger partial charge in [0.25, 0.3) is 10.0 Å². The van der Waals surface area contributed by atoms with Gasteiger partial charge in [-0.05, 0) is 61.2 Å². The van der Waals surface area contributed by atoms with E-state index in [9.17, 15) is 13.5 Å². The number of nitrogens with two attached hydrogens (primary N) is 1. The van der Waals surface area contributed by atoms with E-state index in [1.165, 1.54) is 12.1 Å². The molecule has 0 fully saturated rings. The third-order valence-electron chi connectivity index (χ3n) is 5.27. The average molecular weight is 459 g/mol. The van der Waals surface area contributed by atoms with E-state index in [2.05, 4.69) is 15.2 Å². The molecule has 10 heteroatoms. The van der Waals surface area contributed by atoms with Crippen molar-refractivity contribution in [3.63, 3.8) is 0 Å². The van der Waals surface area contributed by atoms with Crippen LogP contribution in [-0.2, 0) is 16.4 Å². The first kappa shape index (κ1) is 22.1. The number of aliphatic hydroxyl groups excluding tert-OH is 1. The first-order valence-electron chi connectivity index (χ1n) is 10.3. The van der Waals surface area contributed by atoms with E-state index in [0.717, 1.165) is 17.5 Å². The van der Waals surface area contributed by atoms with Crippen LogP contribution in [0.5, 0.6) is 5.75 Å². The van der Waals surface area contributed by atoms with Crippen molar-refractivity contribution in [2.45, 2.75) is 36.9 Å². The quantitative estimate of drug-likeness (QED) is 0.377. The Balaban J connectivity index is 1.32. The van der Waals surface area contributed by atoms with Crippen LogP contribution in [0, 0.1) is 6.92 Å². The van der Waals surface area contributed by atoms with Crippen LogP contribution in [0.3, 0.4) is 0 Å². The summed E-state index contributed by atoms with van der Waals surface area (Å²) in [7, 11) is -3.79. The van der Waals surface area contributed by atoms with E-state index in [1.54, 1.807) is 43.3 Å². The van der Waals surface area contributed by atoms with Crippen LogP contribution in [-0.4, -0.2) is 37.9 Å². The number of hydrogen-bond acceptors (Lipinski definition) is 8. The maximum absolute atomic E-state index is 12.6. The smallest absolute Gasteiger partial charge is 0.264 e. The van der Waals surface area contributed by atoms with Gasteiger partial charge in [-0.3, -0.25) is 0 Å². The van der Waals surface area contributed by atoms with Gasteiger partial charge in [-0.15, -0.1) is 0 Å². The molecule has 0 saturated heterocycles. The van der Waals surface area contributed by atoms with Crippen molar-refractivity contribution in [1.82, 2.24) is 10.5 Å². The van der Waals surface area contributed by atoms with Gasteiger partial charge in [-0.25, -0.2) is 13.1 Å². The Morgan fingerprint density at radius 2 is 2.00 bits per heavy atom. The molecule has 2 unspecified atom stereocenters. The van der Waals surface area contributed by atoms with Crippen molar-refractivity contribution >= 4 is 21.6 Å². The van der Waals surface area contributed by atoms with Gasteiger partial charge in [0.2, 0.25) is 5.88 Å². The second-order valence-electron chi connectivity index (χ2n) is 7.83. The summed E-state index contributed by atoms with van der Waals surface area (Å²) in [5.41, 5.74) is 8.54. The lowest BCUT2D eigenvalue weighted by Gasteiger charge is -2.27. The highest BCUT2D eigenvalue weighted by molar-refractivity contribution is 7.92. The average Bonchev–Trinajstić information content (AvgIpc) is 3.17. The third kappa shape index (κ3) is 5.21. The van der Waals surface area contributed by atoms with Crippen molar-refractivity contribution in [2.24, 2.45) is 0 Å². The molecule has 2 aromatic carbocycles. The molecule has 0 radical (unpaired) electrons. The van der Waals surface area contributed by atoms with E-state index >= 15 is 0 Å². The van der Waals surface area contributed by atoms with Gasteiger partial charge in [-0.1, -0.05) is 17.3 Å². The number of nitrogen functional groups attached to an aromatic ring is 1. The predicted octanol–water partition coefficient (Wildman–Crippen LogP) is 2.38. The minimum atomic E-state index is -3.79. The fraction of sp³-hybridized carbons (Fsp3) is 0.318. The lowest BCUT2D eigenvalue weighted by atomic mass is 10.0. The highest BCUT2D eigenvalue weighted by atomic mass is 32.2. The summed E-state index contributed by atoms with van der Waals surface area (Å²) in [6.45, 7) is 2.67. The van der Waals surface area contributed by atoms with Gasteiger partial charge in [0, 0.05) is 24.8 Å². The van der Waals surface area contributed by atoms with Crippen LogP contribution in [0.25, 0.3) is 0 Å². The third-order valence-corrected chi connectivity index (χ3v) is 6.61. The Labute approximate surface area is 186 Å². The summed E-state index contributed by atoms with van der Waals surface area (Å²) in [6, 6.07) is 13.4. The fourth-order valence-electron chi connectivity index (χ4n) is 3.55. The number of sulfonamides is 1. The monoisotopic (exact) mass is 458 g/mol. The first-order valence-corrected chi connectivity index (χ1v) is 11.8. The largest absolute Gasteiger partial charge is 0.489 e. The zero-order valence-corrected chi connectivity index (χ0v) is 18.4. The lowest BCUT2D eigenvalue weighted by Crippen LogP contribution is -2.36. The Kier molecular flexibility index (Phi) is 6.35. The topological polar surface area (TPSA) is 140 Å². The molecule has 32 heavy (non-hydrogen) atoms. The van der Waals surface area contributed by atoms with Gasteiger partial charge in [0.15, 0.2) is 0 Å². The fourth-order valence-corrected chi connectivity index (χ4v) is 4.58. The van der Waals surface area contributed by atoms with Gasteiger partial charge in [0.05, 0.1) is 16.7 Å². The molecule has 3 aromatic rings. The van der Waals surface area contributed by atoms with Crippen molar-refractivity contribution in [2.75, 3.05) is 23.5 Å². The van der Waals surface area contributed by atoms with Crippen LogP contribution < -0.4 is 20.5 Å². The standard InChI is InChI=1S/C22H26N4O5S/c1-14-10-22(31-25-14)26-32(28,29)19-8-9-21-16(11-19)4-7-18(30-21)12-24-13-20(27)15-2-5-17(23)6-3-15/h2-3,5-6,8-11,18,20,24,26-27H,4,7,12-13,23H2,1H3. The van der Waals surface area contributed by atoms with Gasteiger partial charge in [-0.2, -0.15) is 0 Å². The van der Waals surface area contributed by atoms with Crippen LogP contribution in [0.4, 0.5) is 11.6 Å². The zero-order chi connectivity index (χ0) is 22.7. The van der Waals surface area contributed by atoms with Crippen LogP contribution in [0.2, 0.25) is 0 Å². The Morgan fingerprint density at radius 1 is 1.22 bits per heavy atom. The zero-order valence-electron chi connectivity index (χ0n) is 17.6. The Hall–Kier alpha value is -3.08. The molecule has 0 spiro atoms. The maximum atomic E-state index is 12.6. The Morgan fingerprint density at radius 3 is 2.72 bits per heavy atom. The number of fused-ring (bicyclic) bond motifs is 1. The number of benzene rings is 2. The number of anilines is 2. The maximum Gasteiger partial charge on any atom is 0.264 e. The number of ether oxygens (including phenoxy) is 1. The van der Waals surface area contributed by atoms with Crippen molar-refractivity contribution in [3.05, 3.63) is 65.4 Å². The van der Waals surface area contributed by atoms with Gasteiger partial charge in [0.1, 0.15) is 11.9 Å². The molecule has 1 aliphatic heterocycles. The summed E-state index contributed by atoms with van der Waals surface area (Å²) in [4.78, 5) is 0.136. The van der Waals surface area contributed by atoms with E-state index in [4.69, 9.17) is 15.0 Å². The number of rotatable bonds is 8. The predicted molar refractivity (Wildman–Crippen MR) is 120 cm³/mol. The van der Waals surface area contributed by atoms with Crippen LogP contribution >= 0.6 is 0 Å². The minimum absolute atomic E-state index is 0.0705. The molecule has 0 bridgehead atoms. The van der Waals surface area contributed by atoms with Gasteiger partial charge < -0.3 is 25.4 Å². The highest BCUT2D eigenvalue weighted by Gasteiger charge is 2.23. The molecule has 1 aromatic heterocycles. The molecular weight excluding hydrogens is 432 g/mol. The van der Waals surface area contributed by atoms with Crippen molar-refractivity contribution < 1.29 is 22.8 Å². The number of aryl methyl sites for hydroxylation is 2. The summed E-state index contributed by atoms with van der Waals surface area (Å²) in [5, 5.41) is 17.2. The molecule has 2 heterocycles. The van der Waals surface area contributed by atoms with E-state index < -0.39 is 16.1 Å². The molecule has 0 saturated carbocycles. The molecule has 170 valence electrons. The van der Waals surface area contributed by atoms with Crippen LogP contribution in [0.1, 0.15) is 29.3 Å². The molecule has 5 N–H and O–H groups in total. The number of aliphatic hydroxyl groups is 1. The number of hydrogen-bond donors (Lipinski definition) is 4. The lowest BCUT2D eigenvalue weighted by molar-refractivity contribution is 0.146. The van der Waals surface area contributed by atoms with E-state index in [-0.39, 0.29) is 16.9 Å². The van der Waals surface area contributed by atoms with E-state index in [1.807, 2.05) is 0 Å². The summed E-state index contributed by atoms with van der Waals surface area (Å²) in [6.07, 6.45) is 0.710. The molecular formula is C22H26N4O5S. The summed E-state index contributed by atoms with van der Waals surface area (Å²) >= 11 is 0. The first-order chi connectivity index (χ1) is 15.3. The Bertz CT molecular complexity index is 1180. The summed E-state index contributed by atoms with van der Waals surface area (Å²) in [5.74, 6) is 0.736. The molecule has 1 aliphatic rings. The molecule has 0 aliphatic carbocycles. The SMILES string of the molecule is Cc1cc(NS(=O)(=O)c2ccc3c(c2)CCC(CNCC(O)c2ccc(N)cc2)O3)on1. The van der Waals surface area contributed by atoms with Crippen LogP contribution in [0.15, 0.2) is 57.9 Å². The molecule has 4 rings (SSSR count). The second kappa shape index (κ2) is 9.19. The van der Waals surface area contributed by atoms with Gasteiger partial charge >= 0.3 is 0 Å². The normalized spacial score (nSPS) is 16.8. The second-order valence-corrected chi connectivity index (χ2v) is 9.51. The summed E-state index contributed by atoms with van der Waals surface area (Å²) < 4.78 is 38.6. The highest BCUT2D eigenvalue weighted by Crippen LogP contribution is 2.30. The number of aromatic nitrogens is 1. The molecule has 2 atom stereocenters. The van der Waals surface area contributed by atoms with E-state index in [0.29, 0.717) is 36.6 Å².